The summed E-state index contributed by atoms with van der Waals surface area (Å²) in [7, 11) is 1.65. The zero-order chi connectivity index (χ0) is 20.4. The Kier molecular flexibility index (Phi) is 4.96. The summed E-state index contributed by atoms with van der Waals surface area (Å²) in [6.45, 7) is 9.40. The molecule has 0 aliphatic carbocycles. The number of rotatable bonds is 5. The van der Waals surface area contributed by atoms with Crippen molar-refractivity contribution in [3.8, 4) is 22.3 Å². The highest BCUT2D eigenvalue weighted by molar-refractivity contribution is 6.00. The molecule has 140 valence electrons. The molecule has 1 heterocycles. The number of hydrogen-bond acceptors (Lipinski definition) is 3. The molecule has 7 heteroatoms. The summed E-state index contributed by atoms with van der Waals surface area (Å²) in [6.07, 6.45) is 0.542. The molecule has 0 aliphatic heterocycles. The number of hydrogen-bond donors (Lipinski definition) is 1. The van der Waals surface area contributed by atoms with Crippen molar-refractivity contribution in [1.29, 1.82) is 0 Å². The lowest BCUT2D eigenvalue weighted by molar-refractivity contribution is -0.384. The van der Waals surface area contributed by atoms with Gasteiger partial charge < -0.3 is 9.67 Å². The zero-order valence-electron chi connectivity index (χ0n) is 15.3. The molecule has 7 nitrogen and oxygen atoms in total. The second kappa shape index (κ2) is 7.37. The van der Waals surface area contributed by atoms with Crippen molar-refractivity contribution in [1.82, 2.24) is 4.57 Å². The number of nitrogens with zero attached hydrogens (tertiary/aromatic N) is 3. The average Bonchev–Trinajstić information content (AvgIpc) is 2.99. The van der Waals surface area contributed by atoms with Gasteiger partial charge in [0.05, 0.1) is 11.5 Å². The van der Waals surface area contributed by atoms with Crippen molar-refractivity contribution in [2.24, 2.45) is 7.05 Å². The highest BCUT2D eigenvalue weighted by Gasteiger charge is 2.25. The Hall–Kier alpha value is -3.92. The Morgan fingerprint density at radius 1 is 1.18 bits per heavy atom. The highest BCUT2D eigenvalue weighted by atomic mass is 16.6. The number of carbonyl (C=O) groups is 1. The van der Waals surface area contributed by atoms with Crippen LogP contribution in [0.2, 0.25) is 0 Å². The van der Waals surface area contributed by atoms with E-state index >= 15 is 0 Å². The van der Waals surface area contributed by atoms with Crippen molar-refractivity contribution >= 4 is 17.3 Å². The van der Waals surface area contributed by atoms with Gasteiger partial charge in [0.15, 0.2) is 0 Å². The third-order valence-electron chi connectivity index (χ3n) is 4.70. The van der Waals surface area contributed by atoms with Gasteiger partial charge in [0, 0.05) is 30.4 Å². The quantitative estimate of drug-likeness (QED) is 0.383. The minimum absolute atomic E-state index is 0.000629. The third-order valence-corrected chi connectivity index (χ3v) is 4.70. The molecule has 0 aliphatic rings. The van der Waals surface area contributed by atoms with Crippen LogP contribution in [0.25, 0.3) is 27.1 Å². The first-order valence-electron chi connectivity index (χ1n) is 8.56. The first kappa shape index (κ1) is 18.9. The van der Waals surface area contributed by atoms with Gasteiger partial charge in [0.25, 0.3) is 5.69 Å². The standard InChI is InChI=1S/C21H17N3O4/c1-4-17-19(22-2)18(20(21(25)26)23(17)3)14-10-8-13(9-11-14)15-6-5-7-16(12-15)24(27)28/h5-12H,4H2,1,3H3,(H,25,26). The molecule has 3 rings (SSSR count). The SMILES string of the molecule is [C-]#[N+]c1c(-c2ccc(-c3cccc([N+](=O)[O-])c3)cc2)c(C(=O)O)n(C)c1CC. The van der Waals surface area contributed by atoms with Crippen molar-refractivity contribution in [2.45, 2.75) is 13.3 Å². The molecule has 0 amide bonds. The summed E-state index contributed by atoms with van der Waals surface area (Å²) >= 11 is 0. The Bertz CT molecular complexity index is 1120. The molecule has 2 aromatic carbocycles. The molecular weight excluding hydrogens is 358 g/mol. The molecule has 0 atom stereocenters. The molecule has 0 saturated heterocycles. The fourth-order valence-corrected chi connectivity index (χ4v) is 3.40. The third kappa shape index (κ3) is 3.12. The topological polar surface area (TPSA) is 89.7 Å². The van der Waals surface area contributed by atoms with Crippen LogP contribution < -0.4 is 0 Å². The molecule has 28 heavy (non-hydrogen) atoms. The summed E-state index contributed by atoms with van der Waals surface area (Å²) in [5.41, 5.74) is 3.55. The van der Waals surface area contributed by atoms with Crippen LogP contribution in [0.1, 0.15) is 23.1 Å². The first-order chi connectivity index (χ1) is 13.4. The Morgan fingerprint density at radius 2 is 1.82 bits per heavy atom. The van der Waals surface area contributed by atoms with Gasteiger partial charge in [-0.25, -0.2) is 9.64 Å². The van der Waals surface area contributed by atoms with Gasteiger partial charge >= 0.3 is 5.97 Å². The van der Waals surface area contributed by atoms with Crippen LogP contribution in [0, 0.1) is 16.7 Å². The number of aromatic carboxylic acids is 1. The van der Waals surface area contributed by atoms with Crippen LogP contribution in [0.4, 0.5) is 11.4 Å². The van der Waals surface area contributed by atoms with E-state index < -0.39 is 10.9 Å². The van der Waals surface area contributed by atoms with Gasteiger partial charge in [-0.3, -0.25) is 10.1 Å². The van der Waals surface area contributed by atoms with Crippen LogP contribution in [0.5, 0.6) is 0 Å². The van der Waals surface area contributed by atoms with E-state index in [0.717, 1.165) is 5.56 Å². The summed E-state index contributed by atoms with van der Waals surface area (Å²) in [5.74, 6) is -1.09. The first-order valence-corrected chi connectivity index (χ1v) is 8.56. The number of nitro groups is 1. The van der Waals surface area contributed by atoms with E-state index in [2.05, 4.69) is 4.85 Å². The Labute approximate surface area is 161 Å². The molecule has 0 spiro atoms. The van der Waals surface area contributed by atoms with E-state index in [1.165, 1.54) is 12.1 Å². The molecule has 0 fully saturated rings. The van der Waals surface area contributed by atoms with Gasteiger partial charge in [-0.1, -0.05) is 43.3 Å². The molecule has 1 aromatic heterocycles. The lowest BCUT2D eigenvalue weighted by atomic mass is 9.99. The predicted molar refractivity (Wildman–Crippen MR) is 106 cm³/mol. The fourth-order valence-electron chi connectivity index (χ4n) is 3.40. The number of non-ortho nitro benzene ring substituents is 1. The van der Waals surface area contributed by atoms with Crippen LogP contribution in [0.15, 0.2) is 48.5 Å². The van der Waals surface area contributed by atoms with Gasteiger partial charge in [0.2, 0.25) is 5.69 Å². The largest absolute Gasteiger partial charge is 0.477 e. The van der Waals surface area contributed by atoms with Gasteiger partial charge in [-0.15, -0.1) is 0 Å². The van der Waals surface area contributed by atoms with E-state index in [0.29, 0.717) is 34.5 Å². The average molecular weight is 375 g/mol. The minimum atomic E-state index is -1.09. The van der Waals surface area contributed by atoms with Crippen molar-refractivity contribution in [3.63, 3.8) is 0 Å². The zero-order valence-corrected chi connectivity index (χ0v) is 15.3. The molecule has 0 bridgehead atoms. The fraction of sp³-hybridized carbons (Fsp3) is 0.143. The second-order valence-corrected chi connectivity index (χ2v) is 6.23. The molecule has 1 N–H and O–H groups in total. The highest BCUT2D eigenvalue weighted by Crippen LogP contribution is 2.40. The maximum absolute atomic E-state index is 11.8. The van der Waals surface area contributed by atoms with Crippen LogP contribution >= 0.6 is 0 Å². The van der Waals surface area contributed by atoms with Crippen LogP contribution in [0.3, 0.4) is 0 Å². The van der Waals surface area contributed by atoms with Gasteiger partial charge in [-0.2, -0.15) is 0 Å². The van der Waals surface area contributed by atoms with E-state index in [-0.39, 0.29) is 11.4 Å². The van der Waals surface area contributed by atoms with E-state index in [4.69, 9.17) is 6.57 Å². The summed E-state index contributed by atoms with van der Waals surface area (Å²) in [5, 5.41) is 20.6. The number of aromatic nitrogens is 1. The smallest absolute Gasteiger partial charge is 0.351 e. The lowest BCUT2D eigenvalue weighted by Crippen LogP contribution is -2.07. The van der Waals surface area contributed by atoms with Gasteiger partial charge in [0.1, 0.15) is 5.69 Å². The lowest BCUT2D eigenvalue weighted by Gasteiger charge is -2.07. The molecule has 0 radical (unpaired) electrons. The normalized spacial score (nSPS) is 10.5. The second-order valence-electron chi connectivity index (χ2n) is 6.23. The van der Waals surface area contributed by atoms with Crippen molar-refractivity contribution in [3.05, 3.63) is 81.5 Å². The predicted octanol–water partition coefficient (Wildman–Crippen LogP) is 5.08. The van der Waals surface area contributed by atoms with Crippen LogP contribution in [-0.2, 0) is 13.5 Å². The molecule has 0 saturated carbocycles. The van der Waals surface area contributed by atoms with Crippen molar-refractivity contribution < 1.29 is 14.8 Å². The number of nitro benzene ring substituents is 1. The maximum atomic E-state index is 11.8. The minimum Gasteiger partial charge on any atom is -0.477 e. The maximum Gasteiger partial charge on any atom is 0.351 e. The monoisotopic (exact) mass is 375 g/mol. The Balaban J connectivity index is 2.13. The van der Waals surface area contributed by atoms with Crippen molar-refractivity contribution in [2.75, 3.05) is 0 Å². The van der Waals surface area contributed by atoms with E-state index in [1.54, 1.807) is 48.0 Å². The van der Waals surface area contributed by atoms with Gasteiger partial charge in [-0.05, 0) is 23.1 Å². The molecule has 3 aromatic rings. The molecular formula is C21H17N3O4. The van der Waals surface area contributed by atoms with Crippen LogP contribution in [-0.4, -0.2) is 20.6 Å². The number of carboxylic acid groups (broad SMARTS) is 1. The number of benzene rings is 2. The Morgan fingerprint density at radius 3 is 2.36 bits per heavy atom. The molecule has 0 unspecified atom stereocenters. The summed E-state index contributed by atoms with van der Waals surface area (Å²) in [6, 6.07) is 13.3. The van der Waals surface area contributed by atoms with E-state index in [9.17, 15) is 20.0 Å². The summed E-state index contributed by atoms with van der Waals surface area (Å²) < 4.78 is 1.56. The number of carboxylic acids is 1. The van der Waals surface area contributed by atoms with E-state index in [1.807, 2.05) is 6.92 Å². The summed E-state index contributed by atoms with van der Waals surface area (Å²) in [4.78, 5) is 25.9.